The molecule has 1 aromatic heterocycles. The number of aromatic nitrogens is 1. The summed E-state index contributed by atoms with van der Waals surface area (Å²) in [5, 5.41) is 10.9. The summed E-state index contributed by atoms with van der Waals surface area (Å²) in [5.41, 5.74) is -0.593. The molecule has 0 bridgehead atoms. The van der Waals surface area contributed by atoms with E-state index in [-0.39, 0.29) is 11.9 Å². The monoisotopic (exact) mass is 290 g/mol. The first-order chi connectivity index (χ1) is 8.93. The maximum absolute atomic E-state index is 13.8. The number of aliphatic hydroxyl groups excluding tert-OH is 1. The first-order valence-electron chi connectivity index (χ1n) is 5.67. The molecule has 1 amide bonds. The number of carbonyl (C=O) groups excluding carboxylic acids is 1. The van der Waals surface area contributed by atoms with E-state index in [0.29, 0.717) is 0 Å². The number of rotatable bonds is 6. The highest BCUT2D eigenvalue weighted by Crippen LogP contribution is 2.26. The number of pyridine rings is 1. The minimum atomic E-state index is -3.69. The molecule has 0 saturated carbocycles. The second-order valence-electron chi connectivity index (χ2n) is 4.01. The molecule has 1 rings (SSSR count). The van der Waals surface area contributed by atoms with Gasteiger partial charge in [-0.25, -0.2) is 0 Å². The molecular weight excluding hydrogens is 274 g/mol. The molecule has 4 nitrogen and oxygen atoms in total. The number of hydrogen-bond donors (Lipinski definition) is 2. The average molecular weight is 290 g/mol. The molecule has 0 radical (unpaired) electrons. The Morgan fingerprint density at radius 3 is 2.74 bits per heavy atom. The number of amides is 1. The molecule has 0 spiro atoms. The summed E-state index contributed by atoms with van der Waals surface area (Å²) < 4.78 is 27.7. The van der Waals surface area contributed by atoms with Crippen LogP contribution in [0, 0.1) is 0 Å². The molecule has 0 aliphatic carbocycles. The molecule has 1 aromatic rings. The fourth-order valence-corrected chi connectivity index (χ4v) is 2.12. The van der Waals surface area contributed by atoms with Crippen LogP contribution in [0.3, 0.4) is 0 Å². The van der Waals surface area contributed by atoms with Gasteiger partial charge in [0.2, 0.25) is 0 Å². The molecule has 106 valence electrons. The number of thioether (sulfide) groups is 1. The highest BCUT2D eigenvalue weighted by molar-refractivity contribution is 7.99. The fraction of sp³-hybridized carbons (Fsp3) is 0.500. The molecule has 0 aromatic carbocycles. The third kappa shape index (κ3) is 3.87. The van der Waals surface area contributed by atoms with Crippen LogP contribution in [0.4, 0.5) is 8.78 Å². The Bertz CT molecular complexity index is 413. The molecule has 7 heteroatoms. The largest absolute Gasteiger partial charge is 0.395 e. The van der Waals surface area contributed by atoms with Crippen molar-refractivity contribution in [2.75, 3.05) is 12.9 Å². The Morgan fingerprint density at radius 2 is 2.26 bits per heavy atom. The standard InChI is InChI=1S/C12H16F2N2O2S/c1-8(9(7-17)19-2)16-11(18)12(13,14)10-5-3-4-6-15-10/h3-6,8-9,17H,7H2,1-2H3,(H,16,18). The van der Waals surface area contributed by atoms with Crippen LogP contribution in [-0.2, 0) is 10.7 Å². The zero-order valence-electron chi connectivity index (χ0n) is 10.6. The lowest BCUT2D eigenvalue weighted by Gasteiger charge is -2.24. The topological polar surface area (TPSA) is 62.2 Å². The minimum absolute atomic E-state index is 0.197. The van der Waals surface area contributed by atoms with Gasteiger partial charge >= 0.3 is 5.92 Å². The predicted molar refractivity (Wildman–Crippen MR) is 70.1 cm³/mol. The molecule has 0 fully saturated rings. The van der Waals surface area contributed by atoms with Crippen LogP contribution in [0.25, 0.3) is 0 Å². The molecule has 2 atom stereocenters. The van der Waals surface area contributed by atoms with E-state index >= 15 is 0 Å². The van der Waals surface area contributed by atoms with Crippen molar-refractivity contribution in [2.45, 2.75) is 24.1 Å². The SMILES string of the molecule is CSC(CO)C(C)NC(=O)C(F)(F)c1ccccn1. The van der Waals surface area contributed by atoms with Gasteiger partial charge in [-0.1, -0.05) is 6.07 Å². The third-order valence-corrected chi connectivity index (χ3v) is 3.83. The summed E-state index contributed by atoms with van der Waals surface area (Å²) in [6.07, 6.45) is 2.94. The minimum Gasteiger partial charge on any atom is -0.395 e. The van der Waals surface area contributed by atoms with E-state index in [1.807, 2.05) is 0 Å². The lowest BCUT2D eigenvalue weighted by molar-refractivity contribution is -0.148. The number of nitrogens with zero attached hydrogens (tertiary/aromatic N) is 1. The molecule has 19 heavy (non-hydrogen) atoms. The number of hydrogen-bond acceptors (Lipinski definition) is 4. The summed E-state index contributed by atoms with van der Waals surface area (Å²) >= 11 is 1.30. The summed E-state index contributed by atoms with van der Waals surface area (Å²) in [7, 11) is 0. The summed E-state index contributed by atoms with van der Waals surface area (Å²) in [6, 6.07) is 3.42. The Kier molecular flexibility index (Phi) is 5.68. The summed E-state index contributed by atoms with van der Waals surface area (Å²) in [4.78, 5) is 15.1. The van der Waals surface area contributed by atoms with Gasteiger partial charge in [0.25, 0.3) is 5.91 Å². The van der Waals surface area contributed by atoms with Gasteiger partial charge in [0.05, 0.1) is 6.61 Å². The Balaban J connectivity index is 2.77. The molecule has 2 N–H and O–H groups in total. The van der Waals surface area contributed by atoms with Crippen LogP contribution in [0.2, 0.25) is 0 Å². The number of nitrogens with one attached hydrogen (secondary N) is 1. The maximum atomic E-state index is 13.8. The van der Waals surface area contributed by atoms with Crippen LogP contribution in [0.15, 0.2) is 24.4 Å². The van der Waals surface area contributed by atoms with Crippen LogP contribution in [-0.4, -0.2) is 40.2 Å². The van der Waals surface area contributed by atoms with Gasteiger partial charge in [0.15, 0.2) is 0 Å². The lowest BCUT2D eigenvalue weighted by atomic mass is 10.1. The molecule has 0 aliphatic heterocycles. The Morgan fingerprint density at radius 1 is 1.58 bits per heavy atom. The van der Waals surface area contributed by atoms with E-state index in [4.69, 9.17) is 5.11 Å². The fourth-order valence-electron chi connectivity index (χ4n) is 1.49. The highest BCUT2D eigenvalue weighted by atomic mass is 32.2. The lowest BCUT2D eigenvalue weighted by Crippen LogP contribution is -2.47. The maximum Gasteiger partial charge on any atom is 0.366 e. The Hall–Kier alpha value is -1.21. The molecule has 1 heterocycles. The van der Waals surface area contributed by atoms with Gasteiger partial charge in [-0.15, -0.1) is 0 Å². The first kappa shape index (κ1) is 15.8. The van der Waals surface area contributed by atoms with Crippen LogP contribution in [0.5, 0.6) is 0 Å². The molecule has 0 aliphatic rings. The van der Waals surface area contributed by atoms with E-state index in [0.717, 1.165) is 6.07 Å². The van der Waals surface area contributed by atoms with Crippen molar-refractivity contribution in [3.63, 3.8) is 0 Å². The van der Waals surface area contributed by atoms with Gasteiger partial charge in [0, 0.05) is 17.5 Å². The van der Waals surface area contributed by atoms with Gasteiger partial charge in [-0.3, -0.25) is 9.78 Å². The second-order valence-corrected chi connectivity index (χ2v) is 5.09. The van der Waals surface area contributed by atoms with Crippen LogP contribution in [0.1, 0.15) is 12.6 Å². The predicted octanol–water partition coefficient (Wildman–Crippen LogP) is 1.40. The number of aliphatic hydroxyl groups is 1. The van der Waals surface area contributed by atoms with Crippen molar-refractivity contribution in [3.05, 3.63) is 30.1 Å². The van der Waals surface area contributed by atoms with Gasteiger partial charge < -0.3 is 10.4 Å². The van der Waals surface area contributed by atoms with Gasteiger partial charge in [0.1, 0.15) is 5.69 Å². The highest BCUT2D eigenvalue weighted by Gasteiger charge is 2.43. The molecule has 2 unspecified atom stereocenters. The van der Waals surface area contributed by atoms with E-state index in [2.05, 4.69) is 10.3 Å². The van der Waals surface area contributed by atoms with Crippen molar-refractivity contribution in [1.29, 1.82) is 0 Å². The van der Waals surface area contributed by atoms with E-state index in [9.17, 15) is 13.6 Å². The van der Waals surface area contributed by atoms with Crippen molar-refractivity contribution in [2.24, 2.45) is 0 Å². The zero-order chi connectivity index (χ0) is 14.5. The molecule has 0 saturated heterocycles. The van der Waals surface area contributed by atoms with Crippen molar-refractivity contribution < 1.29 is 18.7 Å². The number of alkyl halides is 2. The third-order valence-electron chi connectivity index (χ3n) is 2.67. The normalized spacial score (nSPS) is 14.8. The van der Waals surface area contributed by atoms with Crippen molar-refractivity contribution in [3.8, 4) is 0 Å². The van der Waals surface area contributed by atoms with Crippen LogP contribution < -0.4 is 5.32 Å². The van der Waals surface area contributed by atoms with Crippen LogP contribution >= 0.6 is 11.8 Å². The smallest absolute Gasteiger partial charge is 0.366 e. The van der Waals surface area contributed by atoms with Gasteiger partial charge in [-0.2, -0.15) is 20.5 Å². The van der Waals surface area contributed by atoms with E-state index in [1.54, 1.807) is 13.2 Å². The molecular formula is C12H16F2N2O2S. The summed E-state index contributed by atoms with van der Waals surface area (Å²) in [6.45, 7) is 1.38. The quantitative estimate of drug-likeness (QED) is 0.831. The van der Waals surface area contributed by atoms with Gasteiger partial charge in [-0.05, 0) is 25.3 Å². The number of halogens is 2. The van der Waals surface area contributed by atoms with Crippen molar-refractivity contribution >= 4 is 17.7 Å². The van der Waals surface area contributed by atoms with E-state index < -0.39 is 23.6 Å². The van der Waals surface area contributed by atoms with Crippen molar-refractivity contribution in [1.82, 2.24) is 10.3 Å². The second kappa shape index (κ2) is 6.81. The Labute approximate surface area is 114 Å². The summed E-state index contributed by atoms with van der Waals surface area (Å²) in [5.74, 6) is -5.10. The first-order valence-corrected chi connectivity index (χ1v) is 6.96. The average Bonchev–Trinajstić information content (AvgIpc) is 2.41. The van der Waals surface area contributed by atoms with E-state index in [1.165, 1.54) is 30.1 Å². The number of carbonyl (C=O) groups is 1. The zero-order valence-corrected chi connectivity index (χ0v) is 11.5.